The average molecular weight is 1240 g/mol. The number of carbonyl (C=O) groups is 2. The summed E-state index contributed by atoms with van der Waals surface area (Å²) >= 11 is 0. The minimum atomic E-state index is -2.34. The smallest absolute Gasteiger partial charge is 0.217 e. The maximum atomic E-state index is 12.7. The summed E-state index contributed by atoms with van der Waals surface area (Å²) in [7, 11) is 0. The summed E-state index contributed by atoms with van der Waals surface area (Å²) in [5.41, 5.74) is 0. The third kappa shape index (κ3) is 14.9. The molecule has 7 heterocycles. The number of hydrogen-bond acceptors (Lipinski definition) is 36. The normalized spacial score (nSPS) is 50.3. The van der Waals surface area contributed by atoms with E-state index in [4.69, 9.17) is 61.6 Å². The van der Waals surface area contributed by atoms with Gasteiger partial charge in [0, 0.05) is 13.8 Å². The third-order valence-electron chi connectivity index (χ3n) is 15.3. The van der Waals surface area contributed by atoms with E-state index in [1.165, 1.54) is 0 Å². The molecule has 84 heavy (non-hydrogen) atoms. The molecule has 7 fully saturated rings. The number of aliphatic hydroxyl groups is 21. The van der Waals surface area contributed by atoms with Crippen molar-refractivity contribution in [1.82, 2.24) is 10.6 Å². The minimum absolute atomic E-state index is 0.738. The van der Waals surface area contributed by atoms with Crippen LogP contribution in [0.4, 0.5) is 0 Å². The highest BCUT2D eigenvalue weighted by Gasteiger charge is 2.58. The molecule has 35 atom stereocenters. The van der Waals surface area contributed by atoms with Crippen molar-refractivity contribution in [3.63, 3.8) is 0 Å². The Bertz CT molecular complexity index is 2060. The quantitative estimate of drug-likeness (QED) is 0.0507. The van der Waals surface area contributed by atoms with Gasteiger partial charge in [0.15, 0.2) is 44.0 Å². The molecule has 0 saturated carbocycles. The van der Waals surface area contributed by atoms with Gasteiger partial charge in [0.2, 0.25) is 11.8 Å². The number of amides is 2. The van der Waals surface area contributed by atoms with E-state index in [0.717, 1.165) is 13.8 Å². The fraction of sp³-hybridized carbons (Fsp3) is 0.957. The van der Waals surface area contributed by atoms with Crippen LogP contribution in [0.3, 0.4) is 0 Å². The van der Waals surface area contributed by atoms with Gasteiger partial charge in [-0.25, -0.2) is 0 Å². The van der Waals surface area contributed by atoms with Gasteiger partial charge in [-0.05, 0) is 0 Å². The Morgan fingerprint density at radius 3 is 1.04 bits per heavy atom. The Labute approximate surface area is 475 Å². The van der Waals surface area contributed by atoms with Crippen LogP contribution in [0, 0.1) is 0 Å². The van der Waals surface area contributed by atoms with Gasteiger partial charge in [-0.3, -0.25) is 9.59 Å². The molecule has 38 nitrogen and oxygen atoms in total. The molecule has 0 aromatic carbocycles. The van der Waals surface area contributed by atoms with E-state index in [2.05, 4.69) is 10.6 Å². The van der Waals surface area contributed by atoms with Crippen LogP contribution in [0.25, 0.3) is 0 Å². The average Bonchev–Trinajstić information content (AvgIpc) is 1.85. The number of aliphatic hydroxyl groups excluding tert-OH is 21. The standard InChI is InChI=1S/C46H78N2O36/c1-10(54)47-19-26(61)36(15(6-52)74-40(19)71)81-41-20(48-11(2)55)27(62)37(16(7-53)78-41)82-46-35(70)39(84-45-33(68)30(65)23(58)14(5-51)77-45)25(60)18(80-46)9-73-43-34(69)38(83-44-32(67)29(64)22(57)13(4-50)76-44)24(59)17(79-43)8-72-42-31(66)28(63)21(56)12(3-49)75-42/h12-46,49-53,56-71H,3-9H2,1-2H3,(H,47,54)(H,48,55)/t12-,13-,14-,15-,16-,17-,18-,19-,20-,21-,22-,23-,24-,25-,26-,27-,28+,29+,30+,31+,32+,33-,34+,35+,36-,37-,38+,39+,40-,41+,42+,43+,44-,45-,46+/m1/s1. The largest absolute Gasteiger partial charge is 0.394 e. The van der Waals surface area contributed by atoms with Crippen LogP contribution in [0.15, 0.2) is 0 Å². The zero-order valence-corrected chi connectivity index (χ0v) is 44.7. The number of nitrogens with one attached hydrogen (secondary N) is 2. The zero-order chi connectivity index (χ0) is 61.9. The maximum absolute atomic E-state index is 12.7. The molecule has 38 heteroatoms. The fourth-order valence-corrected chi connectivity index (χ4v) is 10.6. The number of rotatable bonds is 21. The van der Waals surface area contributed by atoms with Crippen LogP contribution in [0.1, 0.15) is 13.8 Å². The first kappa shape index (κ1) is 69.1. The van der Waals surface area contributed by atoms with Gasteiger partial charge in [-0.15, -0.1) is 0 Å². The molecule has 488 valence electrons. The number of ether oxygens (including phenoxy) is 13. The van der Waals surface area contributed by atoms with E-state index in [0.29, 0.717) is 0 Å². The molecule has 0 radical (unpaired) electrons. The van der Waals surface area contributed by atoms with Crippen molar-refractivity contribution in [3.8, 4) is 0 Å². The molecular weight excluding hydrogens is 1160 g/mol. The van der Waals surface area contributed by atoms with E-state index in [-0.39, 0.29) is 0 Å². The third-order valence-corrected chi connectivity index (χ3v) is 15.3. The Morgan fingerprint density at radius 1 is 0.310 bits per heavy atom. The van der Waals surface area contributed by atoms with Crippen molar-refractivity contribution in [2.24, 2.45) is 0 Å². The second kappa shape index (κ2) is 29.9. The van der Waals surface area contributed by atoms with Crippen molar-refractivity contribution < 1.29 is 178 Å². The summed E-state index contributed by atoms with van der Waals surface area (Å²) in [6.45, 7) is -4.78. The topological polar surface area (TPSA) is 603 Å². The lowest BCUT2D eigenvalue weighted by Crippen LogP contribution is -2.70. The summed E-state index contributed by atoms with van der Waals surface area (Å²) in [6, 6.07) is -3.37. The highest BCUT2D eigenvalue weighted by molar-refractivity contribution is 5.73. The number of carbonyl (C=O) groups excluding carboxylic acids is 2. The Balaban J connectivity index is 1.17. The monoisotopic (exact) mass is 1230 g/mol. The molecule has 0 aromatic heterocycles. The fourth-order valence-electron chi connectivity index (χ4n) is 10.6. The lowest BCUT2D eigenvalue weighted by Gasteiger charge is -2.50. The Morgan fingerprint density at radius 2 is 0.607 bits per heavy atom. The molecule has 23 N–H and O–H groups in total. The number of hydrogen-bond donors (Lipinski definition) is 23. The van der Waals surface area contributed by atoms with Gasteiger partial charge in [-0.2, -0.15) is 0 Å². The molecular formula is C46H78N2O36. The van der Waals surface area contributed by atoms with Crippen molar-refractivity contribution in [2.45, 2.75) is 229 Å². The van der Waals surface area contributed by atoms with Crippen molar-refractivity contribution >= 4 is 11.8 Å². The second-order valence-electron chi connectivity index (χ2n) is 21.1. The van der Waals surface area contributed by atoms with E-state index in [9.17, 15) is 117 Å². The first-order chi connectivity index (χ1) is 39.7. The lowest BCUT2D eigenvalue weighted by atomic mass is 9.94. The summed E-state index contributed by atoms with van der Waals surface area (Å²) in [4.78, 5) is 24.6. The van der Waals surface area contributed by atoms with Crippen LogP contribution >= 0.6 is 0 Å². The predicted molar refractivity (Wildman–Crippen MR) is 255 cm³/mol. The first-order valence-electron chi connectivity index (χ1n) is 26.6. The van der Waals surface area contributed by atoms with Gasteiger partial charge in [0.05, 0.1) is 46.2 Å². The maximum Gasteiger partial charge on any atom is 0.217 e. The molecule has 0 bridgehead atoms. The van der Waals surface area contributed by atoms with E-state index >= 15 is 0 Å². The molecule has 0 aliphatic carbocycles. The highest BCUT2D eigenvalue weighted by atomic mass is 16.8. The molecule has 7 saturated heterocycles. The van der Waals surface area contributed by atoms with Gasteiger partial charge in [0.25, 0.3) is 0 Å². The molecule has 0 unspecified atom stereocenters. The zero-order valence-electron chi connectivity index (χ0n) is 44.7. The summed E-state index contributed by atoms with van der Waals surface area (Å²) < 4.78 is 74.3. The molecule has 0 spiro atoms. The minimum Gasteiger partial charge on any atom is -0.394 e. The molecule has 7 aliphatic rings. The van der Waals surface area contributed by atoms with Gasteiger partial charge in [-0.1, -0.05) is 0 Å². The molecule has 2 amide bonds. The Kier molecular flexibility index (Phi) is 24.6. The highest BCUT2D eigenvalue weighted by Crippen LogP contribution is 2.37. The first-order valence-corrected chi connectivity index (χ1v) is 26.6. The van der Waals surface area contributed by atoms with Crippen LogP contribution in [-0.4, -0.2) is 380 Å². The van der Waals surface area contributed by atoms with Crippen LogP contribution in [0.2, 0.25) is 0 Å². The van der Waals surface area contributed by atoms with E-state index in [1.807, 2.05) is 0 Å². The summed E-state index contributed by atoms with van der Waals surface area (Å²) in [6.07, 6.45) is -65.1. The van der Waals surface area contributed by atoms with E-state index < -0.39 is 273 Å². The second-order valence-corrected chi connectivity index (χ2v) is 21.1. The van der Waals surface area contributed by atoms with Crippen LogP contribution in [0.5, 0.6) is 0 Å². The predicted octanol–water partition coefficient (Wildman–Crippen LogP) is -16.0. The van der Waals surface area contributed by atoms with Crippen LogP contribution < -0.4 is 10.6 Å². The lowest BCUT2D eigenvalue weighted by molar-refractivity contribution is -0.387. The van der Waals surface area contributed by atoms with Gasteiger partial charge < -0.3 is 179 Å². The molecule has 7 aliphatic heterocycles. The molecule has 0 aromatic rings. The van der Waals surface area contributed by atoms with Gasteiger partial charge in [0.1, 0.15) is 171 Å². The van der Waals surface area contributed by atoms with E-state index in [1.54, 1.807) is 0 Å². The van der Waals surface area contributed by atoms with Gasteiger partial charge >= 0.3 is 0 Å². The van der Waals surface area contributed by atoms with Crippen molar-refractivity contribution in [1.29, 1.82) is 0 Å². The Hall–Kier alpha value is -2.42. The van der Waals surface area contributed by atoms with Crippen LogP contribution in [-0.2, 0) is 71.2 Å². The molecule has 7 rings (SSSR count). The summed E-state index contributed by atoms with van der Waals surface area (Å²) in [5.74, 6) is -1.61. The SMILES string of the molecule is CC(=O)N[C@@H]1[C@@H](O)[C@H](O[C@@H]2O[C@H](CO)[C@@H](O[C@@H]3O[C@H](CO[C@H]4O[C@H](CO[C@H]5O[C@H](CO)[C@@H](O)[C@H](O)[C@@H]5O)[C@@H](O)[C@H](O[C@H]5O[C@H](CO)[C@@H](O)[C@H](O)[C@@H]5O)[C@@H]4O)[C@@H](O)[C@H](O[C@H]4O[C@H](CO)[C@@H](O)[C@H](O)[C@H]4O)[C@@H]3O)[C@H](O)[C@H]2NC(C)=O)[C@@H](CO)O[C@H]1O. The summed E-state index contributed by atoms with van der Waals surface area (Å²) in [5, 5.41) is 231. The van der Waals surface area contributed by atoms with Crippen molar-refractivity contribution in [2.75, 3.05) is 46.2 Å². The van der Waals surface area contributed by atoms with Crippen molar-refractivity contribution in [3.05, 3.63) is 0 Å².